The van der Waals surface area contributed by atoms with Crippen LogP contribution in [-0.4, -0.2) is 33.3 Å². The molecule has 0 aliphatic rings. The third-order valence-electron chi connectivity index (χ3n) is 2.02. The molecule has 6 nitrogen and oxygen atoms in total. The molecule has 1 heterocycles. The second-order valence-corrected chi connectivity index (χ2v) is 4.03. The summed E-state index contributed by atoms with van der Waals surface area (Å²) in [7, 11) is 1.32. The normalized spacial score (nSPS) is 10.7. The van der Waals surface area contributed by atoms with Crippen molar-refractivity contribution < 1.29 is 9.53 Å². The molecule has 92 valence electrons. The maximum absolute atomic E-state index is 10.9. The maximum Gasteiger partial charge on any atom is 0.330 e. The molecule has 0 atom stereocenters. The number of hydrogen-bond donors (Lipinski definition) is 0. The number of aromatic nitrogens is 4. The van der Waals surface area contributed by atoms with Crippen LogP contribution >= 0.6 is 11.8 Å². The van der Waals surface area contributed by atoms with Gasteiger partial charge in [-0.3, -0.25) is 0 Å². The number of nitrogens with zero attached hydrogens (tertiary/aromatic N) is 4. The zero-order valence-corrected chi connectivity index (χ0v) is 10.4. The van der Waals surface area contributed by atoms with Gasteiger partial charge in [0.1, 0.15) is 0 Å². The molecule has 0 saturated carbocycles. The molecule has 1 aromatic carbocycles. The van der Waals surface area contributed by atoms with Crippen LogP contribution in [0, 0.1) is 0 Å². The SMILES string of the molecule is COC(=O)C=CSc1nnnn1-c1ccccc1. The number of benzene rings is 1. The molecule has 7 heteroatoms. The quantitative estimate of drug-likeness (QED) is 0.472. The number of thioether (sulfide) groups is 1. The predicted octanol–water partition coefficient (Wildman–Crippen LogP) is 1.44. The van der Waals surface area contributed by atoms with E-state index in [2.05, 4.69) is 20.3 Å². The minimum atomic E-state index is -0.416. The van der Waals surface area contributed by atoms with Gasteiger partial charge in [0, 0.05) is 6.08 Å². The number of ether oxygens (including phenoxy) is 1. The van der Waals surface area contributed by atoms with E-state index in [1.165, 1.54) is 24.9 Å². The number of esters is 1. The highest BCUT2D eigenvalue weighted by molar-refractivity contribution is 8.02. The lowest BCUT2D eigenvalue weighted by molar-refractivity contribution is -0.134. The lowest BCUT2D eigenvalue weighted by atomic mass is 10.3. The Morgan fingerprint density at radius 1 is 1.39 bits per heavy atom. The fourth-order valence-electron chi connectivity index (χ4n) is 1.20. The molecule has 0 radical (unpaired) electrons. The Hall–Kier alpha value is -2.15. The Kier molecular flexibility index (Phi) is 4.08. The van der Waals surface area contributed by atoms with Crippen molar-refractivity contribution in [1.82, 2.24) is 20.2 Å². The number of carbonyl (C=O) groups excluding carboxylic acids is 1. The maximum atomic E-state index is 10.9. The van der Waals surface area contributed by atoms with E-state index in [9.17, 15) is 4.79 Å². The fourth-order valence-corrected chi connectivity index (χ4v) is 1.83. The standard InChI is InChI=1S/C11H10N4O2S/c1-17-10(16)7-8-18-11-12-13-14-15(11)9-5-3-2-4-6-9/h2-8H,1H3. The van der Waals surface area contributed by atoms with Crippen LogP contribution in [0.4, 0.5) is 0 Å². The van der Waals surface area contributed by atoms with Gasteiger partial charge in [0.25, 0.3) is 0 Å². The van der Waals surface area contributed by atoms with Gasteiger partial charge in [0.05, 0.1) is 12.8 Å². The highest BCUT2D eigenvalue weighted by atomic mass is 32.2. The Morgan fingerprint density at radius 3 is 2.89 bits per heavy atom. The summed E-state index contributed by atoms with van der Waals surface area (Å²) in [6, 6.07) is 9.50. The van der Waals surface area contributed by atoms with Crippen molar-refractivity contribution in [2.24, 2.45) is 0 Å². The highest BCUT2D eigenvalue weighted by Crippen LogP contribution is 2.18. The molecule has 0 aliphatic carbocycles. The molecule has 18 heavy (non-hydrogen) atoms. The molecule has 0 spiro atoms. The van der Waals surface area contributed by atoms with Crippen molar-refractivity contribution in [2.45, 2.75) is 5.16 Å². The monoisotopic (exact) mass is 262 g/mol. The van der Waals surface area contributed by atoms with Crippen LogP contribution in [-0.2, 0) is 9.53 Å². The van der Waals surface area contributed by atoms with Gasteiger partial charge in [-0.1, -0.05) is 30.0 Å². The Morgan fingerprint density at radius 2 is 2.17 bits per heavy atom. The zero-order chi connectivity index (χ0) is 12.8. The van der Waals surface area contributed by atoms with E-state index < -0.39 is 5.97 Å². The summed E-state index contributed by atoms with van der Waals surface area (Å²) < 4.78 is 6.08. The average Bonchev–Trinajstić information content (AvgIpc) is 2.88. The molecule has 0 aliphatic heterocycles. The predicted molar refractivity (Wildman–Crippen MR) is 66.2 cm³/mol. The van der Waals surface area contributed by atoms with E-state index in [4.69, 9.17) is 0 Å². The van der Waals surface area contributed by atoms with Gasteiger partial charge in [-0.05, 0) is 28.0 Å². The van der Waals surface area contributed by atoms with E-state index >= 15 is 0 Å². The third-order valence-corrected chi connectivity index (χ3v) is 2.76. The highest BCUT2D eigenvalue weighted by Gasteiger charge is 2.06. The molecule has 2 rings (SSSR count). The summed E-state index contributed by atoms with van der Waals surface area (Å²) in [6.45, 7) is 0. The zero-order valence-electron chi connectivity index (χ0n) is 9.56. The van der Waals surface area contributed by atoms with E-state index in [1.807, 2.05) is 30.3 Å². The average molecular weight is 262 g/mol. The van der Waals surface area contributed by atoms with E-state index in [0.29, 0.717) is 5.16 Å². The van der Waals surface area contributed by atoms with Crippen LogP contribution < -0.4 is 0 Å². The second kappa shape index (κ2) is 5.97. The van der Waals surface area contributed by atoms with Crippen molar-refractivity contribution in [3.8, 4) is 5.69 Å². The number of hydrogen-bond acceptors (Lipinski definition) is 6. The van der Waals surface area contributed by atoms with Gasteiger partial charge in [0.15, 0.2) is 0 Å². The molecule has 0 N–H and O–H groups in total. The van der Waals surface area contributed by atoms with E-state index in [-0.39, 0.29) is 0 Å². The summed E-state index contributed by atoms with van der Waals surface area (Å²) in [6.07, 6.45) is 1.31. The largest absolute Gasteiger partial charge is 0.466 e. The van der Waals surface area contributed by atoms with Crippen molar-refractivity contribution >= 4 is 17.7 Å². The molecular formula is C11H10N4O2S. The van der Waals surface area contributed by atoms with Crippen LogP contribution in [0.3, 0.4) is 0 Å². The Labute approximate surface area is 108 Å². The molecule has 0 unspecified atom stereocenters. The van der Waals surface area contributed by atoms with Crippen molar-refractivity contribution in [2.75, 3.05) is 7.11 Å². The second-order valence-electron chi connectivity index (χ2n) is 3.15. The topological polar surface area (TPSA) is 69.9 Å². The Balaban J connectivity index is 2.14. The van der Waals surface area contributed by atoms with Crippen molar-refractivity contribution in [3.05, 3.63) is 41.8 Å². The number of methoxy groups -OCH3 is 1. The van der Waals surface area contributed by atoms with Gasteiger partial charge in [0.2, 0.25) is 5.16 Å². The lowest BCUT2D eigenvalue weighted by Crippen LogP contribution is -1.98. The van der Waals surface area contributed by atoms with Gasteiger partial charge in [-0.25, -0.2) is 4.79 Å². The molecule has 0 amide bonds. The lowest BCUT2D eigenvalue weighted by Gasteiger charge is -2.00. The number of para-hydroxylation sites is 1. The molecule has 0 saturated heterocycles. The molecule has 1 aromatic heterocycles. The van der Waals surface area contributed by atoms with Crippen molar-refractivity contribution in [3.63, 3.8) is 0 Å². The summed E-state index contributed by atoms with van der Waals surface area (Å²) in [5.74, 6) is -0.416. The minimum Gasteiger partial charge on any atom is -0.466 e. The van der Waals surface area contributed by atoms with Gasteiger partial charge >= 0.3 is 5.97 Å². The molecule has 2 aromatic rings. The van der Waals surface area contributed by atoms with Gasteiger partial charge in [-0.2, -0.15) is 4.68 Å². The first kappa shape index (κ1) is 12.3. The summed E-state index contributed by atoms with van der Waals surface area (Å²) in [5, 5.41) is 13.5. The molecular weight excluding hydrogens is 252 g/mol. The first-order chi connectivity index (χ1) is 8.81. The first-order valence-corrected chi connectivity index (χ1v) is 5.94. The van der Waals surface area contributed by atoms with Crippen LogP contribution in [0.2, 0.25) is 0 Å². The number of rotatable bonds is 4. The molecule has 0 bridgehead atoms. The Bertz CT molecular complexity index is 553. The van der Waals surface area contributed by atoms with Gasteiger partial charge in [-0.15, -0.1) is 5.10 Å². The van der Waals surface area contributed by atoms with Crippen LogP contribution in [0.5, 0.6) is 0 Å². The summed E-state index contributed by atoms with van der Waals surface area (Å²) >= 11 is 1.24. The van der Waals surface area contributed by atoms with Crippen LogP contribution in [0.15, 0.2) is 47.0 Å². The van der Waals surface area contributed by atoms with Crippen molar-refractivity contribution in [1.29, 1.82) is 0 Å². The van der Waals surface area contributed by atoms with Gasteiger partial charge < -0.3 is 4.74 Å². The van der Waals surface area contributed by atoms with E-state index in [0.717, 1.165) is 5.69 Å². The summed E-state index contributed by atoms with van der Waals surface area (Å²) in [4.78, 5) is 10.9. The minimum absolute atomic E-state index is 0.416. The van der Waals surface area contributed by atoms with Crippen LogP contribution in [0.25, 0.3) is 5.69 Å². The number of tetrazole rings is 1. The first-order valence-electron chi connectivity index (χ1n) is 5.06. The smallest absolute Gasteiger partial charge is 0.330 e. The van der Waals surface area contributed by atoms with Crippen LogP contribution in [0.1, 0.15) is 0 Å². The third kappa shape index (κ3) is 2.95. The summed E-state index contributed by atoms with van der Waals surface area (Å²) in [5.41, 5.74) is 0.858. The molecule has 0 fully saturated rings. The fraction of sp³-hybridized carbons (Fsp3) is 0.0909. The van der Waals surface area contributed by atoms with E-state index in [1.54, 1.807) is 10.1 Å². The number of carbonyl (C=O) groups is 1.